The Morgan fingerprint density at radius 1 is 0.907 bits per heavy atom. The maximum absolute atomic E-state index is 14.4. The third-order valence-corrected chi connectivity index (χ3v) is 11.6. The standard InChI is InChI=1S/C43H67N5O6/c1-28(2)22-33-19-18-32(23-30-14-10-9-11-15-30)40(52)47-21-13-17-36(47)38(50)25-34(29(3)4)39(51)46-35(16-12-20-44-41(53)45-33)37(49)24-31-26-42(5,6)48(54)43(7,8)27-31/h9-11,14-15,18-19,28-29,31-36,54H,12-13,16-17,20-27H2,1-8H3,(H,46,51)(H2,44,45,53)/b19-18+/t32-,33?,34?,35?,36?/m1/s1. The summed E-state index contributed by atoms with van der Waals surface area (Å²) in [6.07, 6.45) is 8.43. The van der Waals surface area contributed by atoms with Crippen molar-refractivity contribution in [1.29, 1.82) is 0 Å². The molecular weight excluding hydrogens is 683 g/mol. The highest BCUT2D eigenvalue weighted by Gasteiger charge is 2.46. The van der Waals surface area contributed by atoms with Gasteiger partial charge >= 0.3 is 6.03 Å². The van der Waals surface area contributed by atoms with Gasteiger partial charge in [-0.3, -0.25) is 19.2 Å². The van der Waals surface area contributed by atoms with E-state index in [1.807, 2.05) is 84.0 Å². The summed E-state index contributed by atoms with van der Waals surface area (Å²) in [7, 11) is 0. The van der Waals surface area contributed by atoms with E-state index in [0.717, 1.165) is 5.56 Å². The van der Waals surface area contributed by atoms with E-state index in [1.54, 1.807) is 4.90 Å². The molecule has 11 heteroatoms. The molecule has 0 radical (unpaired) electrons. The number of Topliss-reactive ketones (excluding diaryl/α,β-unsaturated/α-hetero) is 2. The number of fused-ring (bicyclic) bond motifs is 1. The fourth-order valence-corrected chi connectivity index (χ4v) is 9.00. The smallest absolute Gasteiger partial charge is 0.315 e. The van der Waals surface area contributed by atoms with Crippen LogP contribution in [0.4, 0.5) is 4.79 Å². The second kappa shape index (κ2) is 18.8. The van der Waals surface area contributed by atoms with Crippen LogP contribution in [0.3, 0.4) is 0 Å². The minimum Gasteiger partial charge on any atom is -0.346 e. The van der Waals surface area contributed by atoms with Gasteiger partial charge in [0.15, 0.2) is 11.6 Å². The summed E-state index contributed by atoms with van der Waals surface area (Å²) in [5.74, 6) is -1.82. The van der Waals surface area contributed by atoms with Gasteiger partial charge in [-0.2, -0.15) is 5.06 Å². The summed E-state index contributed by atoms with van der Waals surface area (Å²) < 4.78 is 0. The second-order valence-corrected chi connectivity index (χ2v) is 18.1. The molecular formula is C43H67N5O6. The molecule has 4 unspecified atom stereocenters. The number of hydrogen-bond donors (Lipinski definition) is 4. The van der Waals surface area contributed by atoms with E-state index in [1.165, 1.54) is 5.06 Å². The number of amides is 4. The Morgan fingerprint density at radius 3 is 2.20 bits per heavy atom. The van der Waals surface area contributed by atoms with Crippen molar-refractivity contribution < 1.29 is 29.2 Å². The molecule has 54 heavy (non-hydrogen) atoms. The van der Waals surface area contributed by atoms with Crippen LogP contribution < -0.4 is 16.0 Å². The van der Waals surface area contributed by atoms with E-state index in [0.29, 0.717) is 64.5 Å². The highest BCUT2D eigenvalue weighted by Crippen LogP contribution is 2.41. The zero-order valence-electron chi connectivity index (χ0n) is 34.0. The predicted octanol–water partition coefficient (Wildman–Crippen LogP) is 6.23. The monoisotopic (exact) mass is 750 g/mol. The molecule has 3 aliphatic rings. The van der Waals surface area contributed by atoms with Crippen LogP contribution in [0, 0.1) is 29.6 Å². The molecule has 4 N–H and O–H groups in total. The molecule has 0 aromatic heterocycles. The van der Waals surface area contributed by atoms with Gasteiger partial charge in [0.05, 0.1) is 18.0 Å². The van der Waals surface area contributed by atoms with Crippen molar-refractivity contribution in [2.75, 3.05) is 13.1 Å². The molecule has 0 bridgehead atoms. The largest absolute Gasteiger partial charge is 0.346 e. The lowest BCUT2D eigenvalue weighted by Gasteiger charge is -2.51. The Hall–Kier alpha value is -3.57. The summed E-state index contributed by atoms with van der Waals surface area (Å²) >= 11 is 0. The number of piperidine rings is 1. The van der Waals surface area contributed by atoms with Crippen LogP contribution in [0.5, 0.6) is 0 Å². The second-order valence-electron chi connectivity index (χ2n) is 18.1. The van der Waals surface area contributed by atoms with E-state index in [-0.39, 0.29) is 66.0 Å². The number of rotatable bonds is 8. The van der Waals surface area contributed by atoms with Crippen molar-refractivity contribution in [2.45, 2.75) is 149 Å². The molecule has 3 heterocycles. The van der Waals surface area contributed by atoms with E-state index in [9.17, 15) is 29.2 Å². The molecule has 2 saturated heterocycles. The number of nitrogens with zero attached hydrogens (tertiary/aromatic N) is 2. The van der Waals surface area contributed by atoms with E-state index in [4.69, 9.17) is 0 Å². The summed E-state index contributed by atoms with van der Waals surface area (Å²) in [6, 6.07) is 7.71. The Morgan fingerprint density at radius 2 is 1.57 bits per heavy atom. The van der Waals surface area contributed by atoms with Crippen LogP contribution in [0.2, 0.25) is 0 Å². The van der Waals surface area contributed by atoms with Crippen molar-refractivity contribution >= 4 is 29.4 Å². The molecule has 0 aliphatic carbocycles. The topological polar surface area (TPSA) is 148 Å². The van der Waals surface area contributed by atoms with Crippen LogP contribution in [0.1, 0.15) is 119 Å². The summed E-state index contributed by atoms with van der Waals surface area (Å²) in [4.78, 5) is 71.5. The highest BCUT2D eigenvalue weighted by atomic mass is 16.5. The molecule has 3 aliphatic heterocycles. The third-order valence-electron chi connectivity index (χ3n) is 11.6. The van der Waals surface area contributed by atoms with Gasteiger partial charge in [0.1, 0.15) is 0 Å². The Bertz CT molecular complexity index is 1470. The first kappa shape index (κ1) is 43.2. The van der Waals surface area contributed by atoms with Crippen LogP contribution in [0.15, 0.2) is 42.5 Å². The molecule has 11 nitrogen and oxygen atoms in total. The van der Waals surface area contributed by atoms with Crippen LogP contribution in [-0.2, 0) is 25.6 Å². The maximum Gasteiger partial charge on any atom is 0.315 e. The SMILES string of the molecule is CC(C)CC1/C=C/[C@H](Cc2ccccc2)C(=O)N2CCCC2C(=O)CC(C(C)C)C(=O)NC(C(=O)CC2CC(C)(C)N(O)C(C)(C)C2)CCCNC(=O)N1. The van der Waals surface area contributed by atoms with Gasteiger partial charge in [-0.15, -0.1) is 0 Å². The number of hydroxylamine groups is 2. The van der Waals surface area contributed by atoms with Crippen LogP contribution >= 0.6 is 0 Å². The first-order valence-corrected chi connectivity index (χ1v) is 20.3. The Kier molecular flexibility index (Phi) is 15.1. The highest BCUT2D eigenvalue weighted by molar-refractivity contribution is 5.95. The lowest BCUT2D eigenvalue weighted by Crippen LogP contribution is -2.59. The van der Waals surface area contributed by atoms with Gasteiger partial charge in [-0.25, -0.2) is 4.79 Å². The Labute approximate surface area is 323 Å². The van der Waals surface area contributed by atoms with Crippen LogP contribution in [0.25, 0.3) is 0 Å². The minimum atomic E-state index is -0.792. The molecule has 1 aromatic carbocycles. The minimum absolute atomic E-state index is 0.00806. The third kappa shape index (κ3) is 11.7. The van der Waals surface area contributed by atoms with Crippen LogP contribution in [-0.4, -0.2) is 86.9 Å². The molecule has 2 fully saturated rings. The molecule has 0 saturated carbocycles. The van der Waals surface area contributed by atoms with Crippen molar-refractivity contribution in [3.63, 3.8) is 0 Å². The number of carbonyl (C=O) groups excluding carboxylic acids is 5. The first-order chi connectivity index (χ1) is 25.4. The van der Waals surface area contributed by atoms with Crippen molar-refractivity contribution in [1.82, 2.24) is 25.9 Å². The lowest BCUT2D eigenvalue weighted by atomic mass is 9.73. The maximum atomic E-state index is 14.4. The average molecular weight is 750 g/mol. The molecule has 4 rings (SSSR count). The molecule has 5 atom stereocenters. The number of ketones is 2. The number of hydrogen-bond acceptors (Lipinski definition) is 7. The van der Waals surface area contributed by atoms with Gasteiger partial charge in [-0.05, 0) is 102 Å². The number of nitrogens with one attached hydrogen (secondary N) is 3. The zero-order chi connectivity index (χ0) is 39.8. The van der Waals surface area contributed by atoms with E-state index in [2.05, 4.69) is 29.8 Å². The van der Waals surface area contributed by atoms with E-state index >= 15 is 0 Å². The van der Waals surface area contributed by atoms with Crippen molar-refractivity contribution in [3.8, 4) is 0 Å². The van der Waals surface area contributed by atoms with Gasteiger partial charge in [-0.1, -0.05) is 70.2 Å². The van der Waals surface area contributed by atoms with E-state index < -0.39 is 35.0 Å². The molecule has 300 valence electrons. The van der Waals surface area contributed by atoms with Gasteiger partial charge in [0.2, 0.25) is 11.8 Å². The summed E-state index contributed by atoms with van der Waals surface area (Å²) in [5, 5.41) is 21.3. The fraction of sp³-hybridized carbons (Fsp3) is 0.698. The summed E-state index contributed by atoms with van der Waals surface area (Å²) in [5.41, 5.74) is -0.0427. The normalized spacial score (nSPS) is 28.7. The lowest BCUT2D eigenvalue weighted by molar-refractivity contribution is -0.251. The van der Waals surface area contributed by atoms with Gasteiger partial charge in [0.25, 0.3) is 0 Å². The number of carbonyl (C=O) groups is 5. The van der Waals surface area contributed by atoms with Crippen molar-refractivity contribution in [2.24, 2.45) is 29.6 Å². The molecule has 0 spiro atoms. The zero-order valence-corrected chi connectivity index (χ0v) is 34.0. The Balaban J connectivity index is 1.62. The quantitative estimate of drug-likeness (QED) is 0.230. The predicted molar refractivity (Wildman–Crippen MR) is 211 cm³/mol. The van der Waals surface area contributed by atoms with Crippen molar-refractivity contribution in [3.05, 3.63) is 48.0 Å². The van der Waals surface area contributed by atoms with Gasteiger partial charge in [0, 0.05) is 49.0 Å². The molecule has 4 amide bonds. The van der Waals surface area contributed by atoms with Gasteiger partial charge < -0.3 is 26.1 Å². The number of urea groups is 1. The summed E-state index contributed by atoms with van der Waals surface area (Å²) in [6.45, 7) is 16.6. The fourth-order valence-electron chi connectivity index (χ4n) is 9.00. The number of benzene rings is 1. The molecule has 1 aromatic rings. The average Bonchev–Trinajstić information content (AvgIpc) is 3.58. The first-order valence-electron chi connectivity index (χ1n) is 20.3.